The van der Waals surface area contributed by atoms with Gasteiger partial charge in [0.05, 0.1) is 16.5 Å². The van der Waals surface area contributed by atoms with Crippen molar-refractivity contribution in [1.82, 2.24) is 4.90 Å². The van der Waals surface area contributed by atoms with Crippen molar-refractivity contribution in [3.8, 4) is 5.75 Å². The number of nitro groups is 1. The van der Waals surface area contributed by atoms with Gasteiger partial charge in [-0.3, -0.25) is 38.5 Å². The number of rotatable bonds is 5. The number of allylic oxidation sites excluding steroid dienone is 1. The SMILES string of the molecule is CC(C)Nc1cc([N+](=O)[O-])c(O)c2c1CC1CC3[C@H](N(C)C)C(O)=C(C(N)=O)C(=O)C3(O)C(O)=C1C2=O.O=S(=O)(O)O. The number of hydrogen-bond acceptors (Lipinski definition) is 13. The van der Waals surface area contributed by atoms with E-state index in [2.05, 4.69) is 5.32 Å². The lowest BCUT2D eigenvalue weighted by atomic mass is 9.58. The molecular formula is C24H30N4O13S. The van der Waals surface area contributed by atoms with Crippen molar-refractivity contribution in [3.63, 3.8) is 0 Å². The van der Waals surface area contributed by atoms with E-state index in [9.17, 15) is 44.9 Å². The van der Waals surface area contributed by atoms with Crippen molar-refractivity contribution in [2.24, 2.45) is 17.6 Å². The van der Waals surface area contributed by atoms with E-state index in [-0.39, 0.29) is 30.1 Å². The Balaban J connectivity index is 0.000000892. The summed E-state index contributed by atoms with van der Waals surface area (Å²) in [5.41, 5.74) is 0.630. The van der Waals surface area contributed by atoms with Crippen LogP contribution in [0.2, 0.25) is 0 Å². The highest BCUT2D eigenvalue weighted by atomic mass is 32.3. The molecule has 0 radical (unpaired) electrons. The average molecular weight is 615 g/mol. The fraction of sp³-hybridized carbons (Fsp3) is 0.458. The number of Topliss-reactive ketones (excluding diaryl/α,β-unsaturated/α-hetero) is 2. The summed E-state index contributed by atoms with van der Waals surface area (Å²) in [7, 11) is -1.59. The predicted molar refractivity (Wildman–Crippen MR) is 143 cm³/mol. The second kappa shape index (κ2) is 11.0. The molecule has 3 aliphatic carbocycles. The Morgan fingerprint density at radius 3 is 2.21 bits per heavy atom. The second-order valence-electron chi connectivity index (χ2n) is 10.6. The molecule has 42 heavy (non-hydrogen) atoms. The van der Waals surface area contributed by atoms with Crippen LogP contribution in [0.25, 0.3) is 0 Å². The molecule has 230 valence electrons. The number of phenolic OH excluding ortho intramolecular Hbond substituents is 1. The number of nitrogens with two attached hydrogens (primary N) is 1. The molecule has 17 nitrogen and oxygen atoms in total. The minimum absolute atomic E-state index is 0.0230. The molecule has 3 unspecified atom stereocenters. The van der Waals surface area contributed by atoms with Gasteiger partial charge >= 0.3 is 16.1 Å². The van der Waals surface area contributed by atoms with Crippen LogP contribution in [0.3, 0.4) is 0 Å². The molecule has 0 saturated carbocycles. The molecule has 3 aliphatic rings. The van der Waals surface area contributed by atoms with Crippen LogP contribution >= 0.6 is 0 Å². The van der Waals surface area contributed by atoms with Crippen LogP contribution in [-0.2, 0) is 26.4 Å². The molecule has 0 heterocycles. The van der Waals surface area contributed by atoms with E-state index in [0.717, 1.165) is 6.07 Å². The lowest BCUT2D eigenvalue weighted by Crippen LogP contribution is -2.63. The zero-order valence-electron chi connectivity index (χ0n) is 22.7. The number of likely N-dealkylation sites (N-methyl/N-ethyl adjacent to an activating group) is 1. The molecule has 4 atom stereocenters. The predicted octanol–water partition coefficient (Wildman–Crippen LogP) is 0.196. The highest BCUT2D eigenvalue weighted by molar-refractivity contribution is 7.79. The Bertz CT molecular complexity index is 1560. The molecule has 0 aliphatic heterocycles. The smallest absolute Gasteiger partial charge is 0.394 e. The summed E-state index contributed by atoms with van der Waals surface area (Å²) in [6.45, 7) is 3.57. The van der Waals surface area contributed by atoms with E-state index in [0.29, 0.717) is 0 Å². The highest BCUT2D eigenvalue weighted by Gasteiger charge is 2.63. The van der Waals surface area contributed by atoms with Crippen LogP contribution in [0.1, 0.15) is 36.2 Å². The molecule has 1 aromatic rings. The van der Waals surface area contributed by atoms with Gasteiger partial charge in [-0.05, 0) is 52.3 Å². The third-order valence-electron chi connectivity index (χ3n) is 7.34. The number of primary amides is 1. The number of aliphatic hydroxyl groups is 3. The molecule has 0 saturated heterocycles. The Labute approximate surface area is 238 Å². The highest BCUT2D eigenvalue weighted by Crippen LogP contribution is 2.53. The first-order valence-electron chi connectivity index (χ1n) is 12.3. The number of ketones is 2. The van der Waals surface area contributed by atoms with Gasteiger partial charge in [-0.2, -0.15) is 8.42 Å². The number of phenols is 1. The normalized spacial score (nSPS) is 25.4. The monoisotopic (exact) mass is 614 g/mol. The summed E-state index contributed by atoms with van der Waals surface area (Å²) < 4.78 is 31.6. The quantitative estimate of drug-likeness (QED) is 0.0722. The topological polar surface area (TPSA) is 291 Å². The molecule has 18 heteroatoms. The molecule has 0 bridgehead atoms. The van der Waals surface area contributed by atoms with Crippen molar-refractivity contribution in [1.29, 1.82) is 0 Å². The van der Waals surface area contributed by atoms with E-state index in [1.165, 1.54) is 19.0 Å². The summed E-state index contributed by atoms with van der Waals surface area (Å²) in [4.78, 5) is 51.2. The van der Waals surface area contributed by atoms with E-state index in [1.54, 1.807) is 13.8 Å². The third kappa shape index (κ3) is 5.41. The zero-order valence-corrected chi connectivity index (χ0v) is 23.5. The van der Waals surface area contributed by atoms with E-state index in [4.69, 9.17) is 23.3 Å². The maximum absolute atomic E-state index is 13.7. The maximum atomic E-state index is 13.7. The van der Waals surface area contributed by atoms with E-state index >= 15 is 0 Å². The van der Waals surface area contributed by atoms with Gasteiger partial charge in [0.2, 0.25) is 11.5 Å². The first-order valence-corrected chi connectivity index (χ1v) is 13.7. The van der Waals surface area contributed by atoms with Gasteiger partial charge in [0.25, 0.3) is 5.91 Å². The molecule has 0 fully saturated rings. The van der Waals surface area contributed by atoms with E-state index in [1.807, 2.05) is 0 Å². The number of benzene rings is 1. The fourth-order valence-corrected chi connectivity index (χ4v) is 5.88. The number of carbonyl (C=O) groups is 3. The van der Waals surface area contributed by atoms with Gasteiger partial charge in [0.15, 0.2) is 11.4 Å². The Morgan fingerprint density at radius 1 is 1.21 bits per heavy atom. The molecule has 4 rings (SSSR count). The minimum atomic E-state index is -4.67. The largest absolute Gasteiger partial charge is 0.510 e. The van der Waals surface area contributed by atoms with Gasteiger partial charge in [0, 0.05) is 29.3 Å². The fourth-order valence-electron chi connectivity index (χ4n) is 5.88. The van der Waals surface area contributed by atoms with Crippen molar-refractivity contribution in [2.75, 3.05) is 19.4 Å². The summed E-state index contributed by atoms with van der Waals surface area (Å²) in [5, 5.41) is 59.0. The molecule has 0 aromatic heterocycles. The molecule has 9 N–H and O–H groups in total. The number of carbonyl (C=O) groups excluding carboxylic acids is 3. The molecule has 0 spiro atoms. The third-order valence-corrected chi connectivity index (χ3v) is 7.34. The lowest BCUT2D eigenvalue weighted by Gasteiger charge is -2.50. The summed E-state index contributed by atoms with van der Waals surface area (Å²) in [6, 6.07) is -0.159. The first kappa shape index (κ1) is 32.4. The summed E-state index contributed by atoms with van der Waals surface area (Å²) in [5.74, 6) is -8.19. The zero-order chi connectivity index (χ0) is 32.2. The molecular weight excluding hydrogens is 584 g/mol. The number of fused-ring (bicyclic) bond motifs is 3. The van der Waals surface area contributed by atoms with Crippen LogP contribution in [-0.4, -0.2) is 97.0 Å². The number of amides is 1. The Hall–Kier alpha value is -4.10. The number of nitrogens with zero attached hydrogens (tertiary/aromatic N) is 2. The average Bonchev–Trinajstić information content (AvgIpc) is 2.81. The van der Waals surface area contributed by atoms with Crippen LogP contribution < -0.4 is 11.1 Å². The Morgan fingerprint density at radius 2 is 1.76 bits per heavy atom. The van der Waals surface area contributed by atoms with Gasteiger partial charge in [-0.15, -0.1) is 0 Å². The van der Waals surface area contributed by atoms with Crippen molar-refractivity contribution < 1.29 is 57.3 Å². The summed E-state index contributed by atoms with van der Waals surface area (Å²) in [6.07, 6.45) is -0.0558. The van der Waals surface area contributed by atoms with Crippen molar-refractivity contribution in [2.45, 2.75) is 44.4 Å². The number of aromatic hydroxyl groups is 1. The summed E-state index contributed by atoms with van der Waals surface area (Å²) >= 11 is 0. The first-order chi connectivity index (χ1) is 19.1. The standard InChI is InChI=1S/C24H28N4O9.H2O4S/c1-8(2)26-12-7-13(28(36)37)18(29)15-10(12)5-9-6-11-17(27(3)4)20(31)16(23(25)34)22(33)24(11,35)21(32)14(9)19(15)30;1-5(2,3)4/h7-9,11,17,26,29,31-32,35H,5-6H2,1-4H3,(H2,25,34);(H2,1,2,3,4)/t9?,11?,17-,24?;/m0./s1. The number of anilines is 1. The van der Waals surface area contributed by atoms with Gasteiger partial charge in [-0.1, -0.05) is 0 Å². The Kier molecular flexibility index (Phi) is 8.45. The number of nitrogens with one attached hydrogen (secondary N) is 1. The van der Waals surface area contributed by atoms with Gasteiger partial charge in [-0.25, -0.2) is 0 Å². The van der Waals surface area contributed by atoms with E-state index < -0.39 is 95.9 Å². The number of nitro benzene ring substituents is 1. The van der Waals surface area contributed by atoms with Crippen molar-refractivity contribution >= 4 is 39.2 Å². The second-order valence-corrected chi connectivity index (χ2v) is 11.5. The maximum Gasteiger partial charge on any atom is 0.394 e. The van der Waals surface area contributed by atoms with Gasteiger partial charge in [0.1, 0.15) is 17.1 Å². The molecule has 1 aromatic carbocycles. The number of hydrogen-bond donors (Lipinski definition) is 8. The molecule has 1 amide bonds. The van der Waals surface area contributed by atoms with Crippen LogP contribution in [0, 0.1) is 22.0 Å². The van der Waals surface area contributed by atoms with Crippen LogP contribution in [0.4, 0.5) is 11.4 Å². The minimum Gasteiger partial charge on any atom is -0.510 e. The van der Waals surface area contributed by atoms with Crippen LogP contribution in [0.5, 0.6) is 5.75 Å². The lowest BCUT2D eigenvalue weighted by molar-refractivity contribution is -0.385. The van der Waals surface area contributed by atoms with Crippen molar-refractivity contribution in [3.05, 3.63) is 50.0 Å². The van der Waals surface area contributed by atoms with Gasteiger partial charge < -0.3 is 31.5 Å². The number of aliphatic hydroxyl groups excluding tert-OH is 2. The van der Waals surface area contributed by atoms with Crippen LogP contribution in [0.15, 0.2) is 28.7 Å².